The van der Waals surface area contributed by atoms with Crippen LogP contribution in [0.25, 0.3) is 0 Å². The lowest BCUT2D eigenvalue weighted by Gasteiger charge is -2.23. The largest absolute Gasteiger partial charge is 0.465 e. The van der Waals surface area contributed by atoms with Gasteiger partial charge >= 0.3 is 0 Å². The van der Waals surface area contributed by atoms with Crippen LogP contribution in [-0.4, -0.2) is 29.9 Å². The molecule has 5 nitrogen and oxygen atoms in total. The van der Waals surface area contributed by atoms with Crippen molar-refractivity contribution in [2.45, 2.75) is 52.6 Å². The number of anilines is 1. The van der Waals surface area contributed by atoms with Crippen molar-refractivity contribution in [3.05, 3.63) is 29.9 Å². The molecule has 1 aromatic heterocycles. The summed E-state index contributed by atoms with van der Waals surface area (Å²) in [6.45, 7) is 8.11. The minimum Gasteiger partial charge on any atom is -0.465 e. The Kier molecular flexibility index (Phi) is 8.31. The Morgan fingerprint density at radius 1 is 1.32 bits per heavy atom. The van der Waals surface area contributed by atoms with Crippen LogP contribution in [0.4, 0.5) is 14.6 Å². The summed E-state index contributed by atoms with van der Waals surface area (Å²) >= 11 is 0. The van der Waals surface area contributed by atoms with Crippen LogP contribution in [0, 0.1) is 11.6 Å². The standard InChI is InChI=1S/C18H28F2N4O/c1-6-8-11-22-16-14(19)12-15(20)17(23-16)25-18(3,4)10-9-13(7-2)24-21-5/h9-10,12,21H,6-8,11H2,1-5H3,(H,22,23)/b10-9-,24-13+. The Bertz CT molecular complexity index is 615. The van der Waals surface area contributed by atoms with E-state index in [-0.39, 0.29) is 11.7 Å². The van der Waals surface area contributed by atoms with Crippen LogP contribution in [0.2, 0.25) is 0 Å². The Labute approximate surface area is 148 Å². The third-order valence-electron chi connectivity index (χ3n) is 3.37. The average molecular weight is 354 g/mol. The van der Waals surface area contributed by atoms with Crippen molar-refractivity contribution in [3.63, 3.8) is 0 Å². The SMILES string of the molecule is CCCCNc1nc(OC(C)(C)/C=C\C(CC)=N\NC)c(F)cc1F. The summed E-state index contributed by atoms with van der Waals surface area (Å²) in [7, 11) is 1.72. The quantitative estimate of drug-likeness (QED) is 0.374. The number of nitrogens with one attached hydrogen (secondary N) is 2. The number of hydrazone groups is 1. The Morgan fingerprint density at radius 3 is 2.64 bits per heavy atom. The van der Waals surface area contributed by atoms with Crippen LogP contribution >= 0.6 is 0 Å². The number of allylic oxidation sites excluding steroid dienone is 1. The van der Waals surface area contributed by atoms with Crippen molar-refractivity contribution in [3.8, 4) is 5.88 Å². The summed E-state index contributed by atoms with van der Waals surface area (Å²) in [6.07, 6.45) is 6.14. The van der Waals surface area contributed by atoms with Crippen LogP contribution < -0.4 is 15.5 Å². The van der Waals surface area contributed by atoms with Crippen molar-refractivity contribution in [2.75, 3.05) is 18.9 Å². The smallest absolute Gasteiger partial charge is 0.253 e. The normalized spacial score (nSPS) is 12.5. The molecule has 0 aromatic carbocycles. The third kappa shape index (κ3) is 7.07. The summed E-state index contributed by atoms with van der Waals surface area (Å²) < 4.78 is 33.5. The molecule has 0 fully saturated rings. The van der Waals surface area contributed by atoms with Gasteiger partial charge in [0, 0.05) is 19.7 Å². The topological polar surface area (TPSA) is 58.5 Å². The fourth-order valence-corrected chi connectivity index (χ4v) is 1.99. The van der Waals surface area contributed by atoms with E-state index in [0.29, 0.717) is 6.54 Å². The molecule has 1 aromatic rings. The van der Waals surface area contributed by atoms with Crippen molar-refractivity contribution in [1.82, 2.24) is 10.4 Å². The first kappa shape index (κ1) is 20.9. The molecular weight excluding hydrogens is 326 g/mol. The number of unbranched alkanes of at least 4 members (excludes halogenated alkanes) is 1. The zero-order chi connectivity index (χ0) is 18.9. The maximum Gasteiger partial charge on any atom is 0.253 e. The molecule has 0 saturated carbocycles. The highest BCUT2D eigenvalue weighted by Gasteiger charge is 2.21. The van der Waals surface area contributed by atoms with Crippen molar-refractivity contribution in [1.29, 1.82) is 0 Å². The van der Waals surface area contributed by atoms with E-state index in [9.17, 15) is 8.78 Å². The van der Waals surface area contributed by atoms with Crippen LogP contribution in [0.1, 0.15) is 47.0 Å². The van der Waals surface area contributed by atoms with E-state index in [1.165, 1.54) is 0 Å². The van der Waals surface area contributed by atoms with Gasteiger partial charge in [0.15, 0.2) is 17.5 Å². The molecule has 1 heterocycles. The lowest BCUT2D eigenvalue weighted by atomic mass is 10.1. The summed E-state index contributed by atoms with van der Waals surface area (Å²) in [5.41, 5.74) is 2.72. The van der Waals surface area contributed by atoms with E-state index in [4.69, 9.17) is 4.74 Å². The Morgan fingerprint density at radius 2 is 2.04 bits per heavy atom. The first-order chi connectivity index (χ1) is 11.8. The lowest BCUT2D eigenvalue weighted by molar-refractivity contribution is 0.146. The highest BCUT2D eigenvalue weighted by molar-refractivity contribution is 5.94. The molecule has 0 atom stereocenters. The second kappa shape index (κ2) is 9.96. The lowest BCUT2D eigenvalue weighted by Crippen LogP contribution is -2.27. The molecule has 0 aliphatic rings. The maximum absolute atomic E-state index is 14.0. The number of pyridine rings is 1. The van der Waals surface area contributed by atoms with Gasteiger partial charge in [0.2, 0.25) is 0 Å². The summed E-state index contributed by atoms with van der Waals surface area (Å²) in [6, 6.07) is 0.788. The minimum atomic E-state index is -0.837. The number of aromatic nitrogens is 1. The molecule has 0 saturated heterocycles. The van der Waals surface area contributed by atoms with E-state index >= 15 is 0 Å². The van der Waals surface area contributed by atoms with Crippen LogP contribution in [-0.2, 0) is 0 Å². The van der Waals surface area contributed by atoms with Crippen molar-refractivity contribution in [2.24, 2.45) is 5.10 Å². The predicted octanol–water partition coefficient (Wildman–Crippen LogP) is 4.27. The molecule has 2 N–H and O–H groups in total. The molecule has 1 rings (SSSR count). The van der Waals surface area contributed by atoms with Gasteiger partial charge < -0.3 is 15.5 Å². The molecule has 7 heteroatoms. The third-order valence-corrected chi connectivity index (χ3v) is 3.37. The van der Waals surface area contributed by atoms with E-state index in [0.717, 1.165) is 31.0 Å². The average Bonchev–Trinajstić information content (AvgIpc) is 2.55. The van der Waals surface area contributed by atoms with Crippen molar-refractivity contribution < 1.29 is 13.5 Å². The molecular formula is C18H28F2N4O. The second-order valence-corrected chi connectivity index (χ2v) is 6.11. The van der Waals surface area contributed by atoms with Gasteiger partial charge in [-0.3, -0.25) is 0 Å². The van der Waals surface area contributed by atoms with Gasteiger partial charge in [0.25, 0.3) is 5.88 Å². The van der Waals surface area contributed by atoms with Gasteiger partial charge in [-0.15, -0.1) is 0 Å². The van der Waals surface area contributed by atoms with E-state index in [1.54, 1.807) is 33.0 Å². The fourth-order valence-electron chi connectivity index (χ4n) is 1.99. The molecule has 0 amide bonds. The number of ether oxygens (including phenoxy) is 1. The molecule has 0 bridgehead atoms. The summed E-state index contributed by atoms with van der Waals surface area (Å²) in [5, 5.41) is 6.98. The highest BCUT2D eigenvalue weighted by atomic mass is 19.1. The molecule has 25 heavy (non-hydrogen) atoms. The van der Waals surface area contributed by atoms with Gasteiger partial charge in [-0.2, -0.15) is 10.1 Å². The number of rotatable bonds is 10. The van der Waals surface area contributed by atoms with Gasteiger partial charge in [-0.25, -0.2) is 8.78 Å². The molecule has 140 valence electrons. The first-order valence-electron chi connectivity index (χ1n) is 8.54. The minimum absolute atomic E-state index is 0.00405. The van der Waals surface area contributed by atoms with Crippen LogP contribution in [0.5, 0.6) is 5.88 Å². The van der Waals surface area contributed by atoms with E-state index in [1.807, 2.05) is 13.8 Å². The van der Waals surface area contributed by atoms with Gasteiger partial charge in [-0.05, 0) is 38.8 Å². The maximum atomic E-state index is 14.0. The van der Waals surface area contributed by atoms with Gasteiger partial charge in [0.05, 0.1) is 5.71 Å². The summed E-state index contributed by atoms with van der Waals surface area (Å²) in [4.78, 5) is 3.95. The summed E-state index contributed by atoms with van der Waals surface area (Å²) in [5.74, 6) is -1.81. The van der Waals surface area contributed by atoms with Crippen molar-refractivity contribution >= 4 is 11.5 Å². The van der Waals surface area contributed by atoms with Crippen LogP contribution in [0.15, 0.2) is 23.3 Å². The van der Waals surface area contributed by atoms with Gasteiger partial charge in [0.1, 0.15) is 5.60 Å². The first-order valence-corrected chi connectivity index (χ1v) is 8.54. The Hall–Kier alpha value is -2.18. The molecule has 0 spiro atoms. The number of halogens is 2. The molecule has 0 aliphatic heterocycles. The van der Waals surface area contributed by atoms with Crippen LogP contribution in [0.3, 0.4) is 0 Å². The predicted molar refractivity (Wildman–Crippen MR) is 98.2 cm³/mol. The van der Waals surface area contributed by atoms with E-state index < -0.39 is 17.2 Å². The highest BCUT2D eigenvalue weighted by Crippen LogP contribution is 2.25. The monoisotopic (exact) mass is 354 g/mol. The number of hydrogen-bond acceptors (Lipinski definition) is 5. The fraction of sp³-hybridized carbons (Fsp3) is 0.556. The van der Waals surface area contributed by atoms with Gasteiger partial charge in [-0.1, -0.05) is 20.3 Å². The zero-order valence-electron chi connectivity index (χ0n) is 15.6. The molecule has 0 unspecified atom stereocenters. The molecule has 0 aliphatic carbocycles. The second-order valence-electron chi connectivity index (χ2n) is 6.11. The zero-order valence-corrected chi connectivity index (χ0v) is 15.6. The number of hydrogen-bond donors (Lipinski definition) is 2. The number of nitrogens with zero attached hydrogens (tertiary/aromatic N) is 2. The Balaban J connectivity index is 2.94. The van der Waals surface area contributed by atoms with E-state index in [2.05, 4.69) is 20.8 Å². The molecule has 0 radical (unpaired) electrons.